The van der Waals surface area contributed by atoms with Crippen molar-refractivity contribution in [1.29, 1.82) is 5.26 Å². The fraction of sp³-hybridized carbons (Fsp3) is 0.316. The average molecular weight is 375 g/mol. The summed E-state index contributed by atoms with van der Waals surface area (Å²) in [4.78, 5) is 0.227. The molecule has 1 aliphatic carbocycles. The van der Waals surface area contributed by atoms with Crippen molar-refractivity contribution < 1.29 is 8.42 Å². The minimum absolute atomic E-state index is 0.126. The molecular formula is C19H19ClN2O2S. The largest absolute Gasteiger partial charge is 0.240 e. The van der Waals surface area contributed by atoms with Crippen LogP contribution in [0.1, 0.15) is 29.5 Å². The van der Waals surface area contributed by atoms with Gasteiger partial charge in [-0.2, -0.15) is 5.26 Å². The molecule has 0 aliphatic heterocycles. The van der Waals surface area contributed by atoms with Crippen LogP contribution in [0.2, 0.25) is 5.02 Å². The molecule has 3 rings (SSSR count). The average Bonchev–Trinajstić information content (AvgIpc) is 2.59. The first-order valence-corrected chi connectivity index (χ1v) is 10.1. The number of nitriles is 1. The van der Waals surface area contributed by atoms with Crippen LogP contribution in [0.3, 0.4) is 0 Å². The van der Waals surface area contributed by atoms with E-state index < -0.39 is 10.0 Å². The summed E-state index contributed by atoms with van der Waals surface area (Å²) in [6.45, 7) is 0. The highest BCUT2D eigenvalue weighted by atomic mass is 35.5. The molecule has 0 saturated heterocycles. The molecule has 0 spiro atoms. The lowest BCUT2D eigenvalue weighted by Gasteiger charge is -2.27. The van der Waals surface area contributed by atoms with Crippen molar-refractivity contribution in [2.45, 2.75) is 43.0 Å². The van der Waals surface area contributed by atoms with E-state index in [-0.39, 0.29) is 10.9 Å². The Bertz CT molecular complexity index is 902. The lowest BCUT2D eigenvalue weighted by atomic mass is 9.85. The molecule has 6 heteroatoms. The summed E-state index contributed by atoms with van der Waals surface area (Å²) in [7, 11) is -3.56. The van der Waals surface area contributed by atoms with Gasteiger partial charge in [-0.1, -0.05) is 29.8 Å². The van der Waals surface area contributed by atoms with E-state index in [2.05, 4.69) is 16.9 Å². The van der Waals surface area contributed by atoms with Gasteiger partial charge in [-0.15, -0.1) is 0 Å². The molecule has 0 radical (unpaired) electrons. The van der Waals surface area contributed by atoms with Gasteiger partial charge in [0, 0.05) is 17.5 Å². The molecule has 0 aromatic heterocycles. The Morgan fingerprint density at radius 3 is 2.68 bits per heavy atom. The van der Waals surface area contributed by atoms with Gasteiger partial charge in [-0.25, -0.2) is 13.1 Å². The topological polar surface area (TPSA) is 70.0 Å². The standard InChI is InChI=1S/C19H19ClN2O2S/c20-16-6-9-18(10-7-16)25(23,24)22-17-8-11-19-14(5-2-12-21)3-1-4-15(19)13-17/h1,3-4,6-7,9-10,17,22H,2,5,8,11,13H2. The van der Waals surface area contributed by atoms with E-state index in [0.29, 0.717) is 17.9 Å². The highest BCUT2D eigenvalue weighted by Crippen LogP contribution is 2.26. The molecular weight excluding hydrogens is 356 g/mol. The van der Waals surface area contributed by atoms with Crippen LogP contribution in [-0.4, -0.2) is 14.5 Å². The molecule has 2 aromatic rings. The van der Waals surface area contributed by atoms with Gasteiger partial charge in [0.15, 0.2) is 0 Å². The lowest BCUT2D eigenvalue weighted by Crippen LogP contribution is -2.39. The minimum Gasteiger partial charge on any atom is -0.208 e. The summed E-state index contributed by atoms with van der Waals surface area (Å²) >= 11 is 5.83. The lowest BCUT2D eigenvalue weighted by molar-refractivity contribution is 0.506. The number of nitrogens with zero attached hydrogens (tertiary/aromatic N) is 1. The van der Waals surface area contributed by atoms with E-state index in [0.717, 1.165) is 19.3 Å². The van der Waals surface area contributed by atoms with E-state index in [1.54, 1.807) is 12.1 Å². The van der Waals surface area contributed by atoms with E-state index >= 15 is 0 Å². The summed E-state index contributed by atoms with van der Waals surface area (Å²) in [6.07, 6.45) is 3.50. The number of fused-ring (bicyclic) bond motifs is 1. The molecule has 4 nitrogen and oxygen atoms in total. The second kappa shape index (κ2) is 7.57. The minimum atomic E-state index is -3.56. The zero-order valence-corrected chi connectivity index (χ0v) is 15.3. The molecule has 25 heavy (non-hydrogen) atoms. The Kier molecular flexibility index (Phi) is 5.43. The number of aryl methyl sites for hydroxylation is 1. The smallest absolute Gasteiger partial charge is 0.208 e. The number of halogens is 1. The van der Waals surface area contributed by atoms with Gasteiger partial charge in [0.25, 0.3) is 0 Å². The monoisotopic (exact) mass is 374 g/mol. The van der Waals surface area contributed by atoms with Crippen molar-refractivity contribution in [3.63, 3.8) is 0 Å². The maximum Gasteiger partial charge on any atom is 0.240 e. The molecule has 1 N–H and O–H groups in total. The van der Waals surface area contributed by atoms with Gasteiger partial charge in [0.1, 0.15) is 0 Å². The van der Waals surface area contributed by atoms with Gasteiger partial charge in [0.05, 0.1) is 11.0 Å². The fourth-order valence-electron chi connectivity index (χ4n) is 3.31. The number of sulfonamides is 1. The van der Waals surface area contributed by atoms with Gasteiger partial charge >= 0.3 is 0 Å². The van der Waals surface area contributed by atoms with Gasteiger partial charge < -0.3 is 0 Å². The number of nitrogens with one attached hydrogen (secondary N) is 1. The third-order valence-electron chi connectivity index (χ3n) is 4.53. The van der Waals surface area contributed by atoms with Gasteiger partial charge in [-0.3, -0.25) is 0 Å². The maximum atomic E-state index is 12.5. The molecule has 0 saturated carbocycles. The van der Waals surface area contributed by atoms with E-state index in [1.807, 2.05) is 12.1 Å². The molecule has 0 bridgehead atoms. The van der Waals surface area contributed by atoms with Gasteiger partial charge in [0.2, 0.25) is 10.0 Å². The van der Waals surface area contributed by atoms with Crippen LogP contribution in [-0.2, 0) is 29.3 Å². The predicted octanol–water partition coefficient (Wildman–Crippen LogP) is 3.63. The fourth-order valence-corrected chi connectivity index (χ4v) is 4.71. The SMILES string of the molecule is N#CCCc1cccc2c1CCC(NS(=O)(=O)c1ccc(Cl)cc1)C2. The quantitative estimate of drug-likeness (QED) is 0.868. The van der Waals surface area contributed by atoms with Crippen LogP contribution in [0.4, 0.5) is 0 Å². The van der Waals surface area contributed by atoms with Crippen molar-refractivity contribution in [3.8, 4) is 6.07 Å². The van der Waals surface area contributed by atoms with Gasteiger partial charge in [-0.05, 0) is 66.6 Å². The summed E-state index contributed by atoms with van der Waals surface area (Å²) in [5, 5.41) is 9.30. The van der Waals surface area contributed by atoms with Crippen molar-refractivity contribution in [2.75, 3.05) is 0 Å². The van der Waals surface area contributed by atoms with E-state index in [4.69, 9.17) is 16.9 Å². The maximum absolute atomic E-state index is 12.5. The molecule has 1 unspecified atom stereocenters. The summed E-state index contributed by atoms with van der Waals surface area (Å²) < 4.78 is 27.9. The summed E-state index contributed by atoms with van der Waals surface area (Å²) in [5.74, 6) is 0. The van der Waals surface area contributed by atoms with Crippen molar-refractivity contribution in [1.82, 2.24) is 4.72 Å². The number of hydrogen-bond donors (Lipinski definition) is 1. The number of hydrogen-bond acceptors (Lipinski definition) is 3. The highest BCUT2D eigenvalue weighted by molar-refractivity contribution is 7.89. The number of rotatable bonds is 5. The third kappa shape index (κ3) is 4.21. The van der Waals surface area contributed by atoms with Crippen LogP contribution >= 0.6 is 11.6 Å². The Balaban J connectivity index is 1.75. The molecule has 0 amide bonds. The van der Waals surface area contributed by atoms with Crippen LogP contribution in [0.25, 0.3) is 0 Å². The second-order valence-corrected chi connectivity index (χ2v) is 8.38. The Labute approximate surface area is 153 Å². The third-order valence-corrected chi connectivity index (χ3v) is 6.32. The van der Waals surface area contributed by atoms with Crippen molar-refractivity contribution in [3.05, 3.63) is 64.2 Å². The molecule has 1 aliphatic rings. The second-order valence-electron chi connectivity index (χ2n) is 6.23. The highest BCUT2D eigenvalue weighted by Gasteiger charge is 2.25. The summed E-state index contributed by atoms with van der Waals surface area (Å²) in [5.41, 5.74) is 3.66. The molecule has 2 aromatic carbocycles. The first kappa shape index (κ1) is 17.9. The normalized spacial score (nSPS) is 16.9. The molecule has 130 valence electrons. The molecule has 1 atom stereocenters. The first-order chi connectivity index (χ1) is 12.0. The van der Waals surface area contributed by atoms with Crippen LogP contribution < -0.4 is 4.72 Å². The molecule has 0 heterocycles. The number of benzene rings is 2. The first-order valence-electron chi connectivity index (χ1n) is 8.24. The summed E-state index contributed by atoms with van der Waals surface area (Å²) in [6, 6.07) is 14.3. The van der Waals surface area contributed by atoms with Crippen molar-refractivity contribution in [2.24, 2.45) is 0 Å². The van der Waals surface area contributed by atoms with Crippen molar-refractivity contribution >= 4 is 21.6 Å². The zero-order chi connectivity index (χ0) is 17.9. The van der Waals surface area contributed by atoms with Crippen LogP contribution in [0.5, 0.6) is 0 Å². The Hall–Kier alpha value is -1.87. The molecule has 0 fully saturated rings. The van der Waals surface area contributed by atoms with E-state index in [9.17, 15) is 8.42 Å². The Morgan fingerprint density at radius 1 is 1.20 bits per heavy atom. The Morgan fingerprint density at radius 2 is 1.96 bits per heavy atom. The zero-order valence-electron chi connectivity index (χ0n) is 13.7. The van der Waals surface area contributed by atoms with Crippen LogP contribution in [0.15, 0.2) is 47.4 Å². The van der Waals surface area contributed by atoms with E-state index in [1.165, 1.54) is 28.8 Å². The van der Waals surface area contributed by atoms with Crippen LogP contribution in [0, 0.1) is 11.3 Å². The predicted molar refractivity (Wildman–Crippen MR) is 98.0 cm³/mol.